The minimum atomic E-state index is -1.82. The normalized spacial score (nSPS) is 49.5. The van der Waals surface area contributed by atoms with E-state index in [2.05, 4.69) is 0 Å². The van der Waals surface area contributed by atoms with E-state index in [4.69, 9.17) is 28.4 Å². The van der Waals surface area contributed by atoms with Crippen LogP contribution in [0.3, 0.4) is 0 Å². The van der Waals surface area contributed by atoms with E-state index in [1.54, 1.807) is 62.4 Å². The van der Waals surface area contributed by atoms with Crippen molar-refractivity contribution >= 4 is 11.8 Å². The highest BCUT2D eigenvalue weighted by Crippen LogP contribution is 2.39. The molecule has 0 aromatic heterocycles. The van der Waals surface area contributed by atoms with Crippen LogP contribution in [0.15, 0.2) is 0 Å². The number of methoxy groups -OCH3 is 1. The van der Waals surface area contributed by atoms with Gasteiger partial charge in [-0.1, -0.05) is 20.8 Å². The van der Waals surface area contributed by atoms with Crippen molar-refractivity contribution in [2.24, 2.45) is 17.8 Å². The molecule has 0 amide bonds. The largest absolute Gasteiger partial charge is 0.459 e. The van der Waals surface area contributed by atoms with Crippen LogP contribution in [-0.2, 0) is 38.0 Å². The van der Waals surface area contributed by atoms with Crippen LogP contribution in [0.1, 0.15) is 94.9 Å². The molecule has 5 N–H and O–H groups in total. The van der Waals surface area contributed by atoms with Gasteiger partial charge in [-0.15, -0.1) is 0 Å². The van der Waals surface area contributed by atoms with Crippen molar-refractivity contribution in [2.45, 2.75) is 179 Å². The molecular formula is C36H65NO13. The number of nitrogens with zero attached hydrogens (tertiary/aromatic N) is 1. The number of hydrogen-bond acceptors (Lipinski definition) is 14. The summed E-state index contributed by atoms with van der Waals surface area (Å²) in [5.41, 5.74) is -4.52. The highest BCUT2D eigenvalue weighted by molar-refractivity contribution is 5.84. The van der Waals surface area contributed by atoms with Gasteiger partial charge in [-0.3, -0.25) is 9.59 Å². The molecule has 0 saturated carbocycles. The van der Waals surface area contributed by atoms with Gasteiger partial charge in [-0.05, 0) is 74.3 Å². The maximum absolute atomic E-state index is 14.1. The van der Waals surface area contributed by atoms with Crippen molar-refractivity contribution in [3.05, 3.63) is 0 Å². The summed E-state index contributed by atoms with van der Waals surface area (Å²) in [5, 5.41) is 57.1. The van der Waals surface area contributed by atoms with Crippen molar-refractivity contribution in [3.63, 3.8) is 0 Å². The zero-order valence-electron chi connectivity index (χ0n) is 32.1. The van der Waals surface area contributed by atoms with Gasteiger partial charge in [0, 0.05) is 38.5 Å². The summed E-state index contributed by atoms with van der Waals surface area (Å²) in [7, 11) is 3.28. The van der Waals surface area contributed by atoms with E-state index in [0.717, 1.165) is 0 Å². The number of esters is 1. The van der Waals surface area contributed by atoms with Crippen LogP contribution in [0.25, 0.3) is 0 Å². The fourth-order valence-corrected chi connectivity index (χ4v) is 8.10. The van der Waals surface area contributed by atoms with Gasteiger partial charge < -0.3 is 58.9 Å². The number of ether oxygens (including phenoxy) is 6. The lowest BCUT2D eigenvalue weighted by Gasteiger charge is -2.48. The Kier molecular flexibility index (Phi) is 14.5. The molecule has 0 spiro atoms. The average molecular weight is 720 g/mol. The summed E-state index contributed by atoms with van der Waals surface area (Å²) in [6, 6.07) is -0.566. The molecule has 0 aromatic rings. The number of hydrogen-bond donors (Lipinski definition) is 5. The third kappa shape index (κ3) is 9.43. The van der Waals surface area contributed by atoms with Crippen LogP contribution in [0.4, 0.5) is 0 Å². The first-order valence-electron chi connectivity index (χ1n) is 18.1. The molecule has 14 nitrogen and oxygen atoms in total. The van der Waals surface area contributed by atoms with E-state index in [1.807, 2.05) is 11.8 Å². The van der Waals surface area contributed by atoms with Crippen molar-refractivity contribution in [3.8, 4) is 0 Å². The maximum Gasteiger partial charge on any atom is 0.311 e. The summed E-state index contributed by atoms with van der Waals surface area (Å²) in [5.74, 6) is -3.28. The number of aliphatic hydroxyl groups is 5. The van der Waals surface area contributed by atoms with Gasteiger partial charge in [0.2, 0.25) is 0 Å². The van der Waals surface area contributed by atoms with Crippen molar-refractivity contribution in [1.82, 2.24) is 4.90 Å². The Labute approximate surface area is 297 Å². The van der Waals surface area contributed by atoms with Gasteiger partial charge in [0.25, 0.3) is 0 Å². The number of carbonyl (C=O) groups excluding carboxylic acids is 2. The summed E-state index contributed by atoms with van der Waals surface area (Å²) >= 11 is 0. The Hall–Kier alpha value is -1.30. The second kappa shape index (κ2) is 16.8. The molecule has 14 heteroatoms. The second-order valence-electron chi connectivity index (χ2n) is 16.0. The third-order valence-corrected chi connectivity index (χ3v) is 11.4. The standard InChI is InChI=1S/C36H65NO13/c1-13-25-36(10,44)29(40)22(6)37(11)17-18(2)15-34(8,43)31(50-33-27(39)24(38)14-19(3)46-33)20(4)28(21(5)32(42)48-25)49-26-16-35(9,45-12)30(41)23(7)47-26/h18-23,25-31,33,39-41,43-44H,13-17H2,1-12H3/t18-,19+,20+,21+,22+,23-,25-,26+,27+,28+,29+,30+,31-,33-,34+,35-,36-/m0/s1. The lowest BCUT2D eigenvalue weighted by Crippen LogP contribution is -2.59. The molecule has 3 saturated heterocycles. The first kappa shape index (κ1) is 43.1. The Morgan fingerprint density at radius 3 is 2.12 bits per heavy atom. The van der Waals surface area contributed by atoms with Crippen LogP contribution in [-0.4, -0.2) is 147 Å². The van der Waals surface area contributed by atoms with Crippen molar-refractivity contribution < 1.29 is 63.5 Å². The fourth-order valence-electron chi connectivity index (χ4n) is 8.10. The van der Waals surface area contributed by atoms with Crippen LogP contribution in [0.2, 0.25) is 0 Å². The van der Waals surface area contributed by atoms with E-state index >= 15 is 0 Å². The molecule has 0 bridgehead atoms. The minimum Gasteiger partial charge on any atom is -0.459 e. The van der Waals surface area contributed by atoms with Crippen LogP contribution in [0, 0.1) is 17.8 Å². The third-order valence-electron chi connectivity index (χ3n) is 11.4. The maximum atomic E-state index is 14.1. The molecule has 0 aromatic carbocycles. The number of carbonyl (C=O) groups is 2. The van der Waals surface area contributed by atoms with E-state index in [-0.39, 0.29) is 31.6 Å². The average Bonchev–Trinajstić information content (AvgIpc) is 3.03. The van der Waals surface area contributed by atoms with E-state index in [0.29, 0.717) is 6.54 Å². The van der Waals surface area contributed by atoms with Gasteiger partial charge in [0.15, 0.2) is 24.5 Å². The monoisotopic (exact) mass is 719 g/mol. The predicted molar refractivity (Wildman–Crippen MR) is 182 cm³/mol. The molecule has 3 heterocycles. The smallest absolute Gasteiger partial charge is 0.311 e. The zero-order valence-corrected chi connectivity index (χ0v) is 32.1. The molecule has 3 aliphatic rings. The number of ketones is 1. The number of cyclic esters (lactones) is 1. The lowest BCUT2D eigenvalue weighted by atomic mass is 9.77. The number of aliphatic hydroxyl groups excluding tert-OH is 3. The molecule has 292 valence electrons. The Morgan fingerprint density at radius 1 is 0.920 bits per heavy atom. The Balaban J connectivity index is 2.16. The number of rotatable bonds is 6. The Bertz CT molecular complexity index is 1140. The quantitative estimate of drug-likeness (QED) is 0.248. The summed E-state index contributed by atoms with van der Waals surface area (Å²) in [4.78, 5) is 28.6. The van der Waals surface area contributed by atoms with E-state index in [9.17, 15) is 35.1 Å². The molecule has 50 heavy (non-hydrogen) atoms. The van der Waals surface area contributed by atoms with Crippen molar-refractivity contribution in [2.75, 3.05) is 20.7 Å². The first-order valence-corrected chi connectivity index (χ1v) is 18.1. The van der Waals surface area contributed by atoms with E-state index < -0.39 is 108 Å². The predicted octanol–water partition coefficient (Wildman–Crippen LogP) is 1.54. The van der Waals surface area contributed by atoms with Crippen molar-refractivity contribution in [1.29, 1.82) is 0 Å². The minimum absolute atomic E-state index is 0.00332. The van der Waals surface area contributed by atoms with Gasteiger partial charge in [-0.25, -0.2) is 0 Å². The number of Topliss-reactive ketones (excluding diaryl/α,β-unsaturated/α-hetero) is 1. The first-order chi connectivity index (χ1) is 23.0. The van der Waals surface area contributed by atoms with Crippen LogP contribution >= 0.6 is 0 Å². The van der Waals surface area contributed by atoms with Gasteiger partial charge in [0.05, 0.1) is 41.5 Å². The lowest BCUT2D eigenvalue weighted by molar-refractivity contribution is -0.311. The van der Waals surface area contributed by atoms with Crippen LogP contribution in [0.5, 0.6) is 0 Å². The molecule has 3 rings (SSSR count). The highest BCUT2D eigenvalue weighted by Gasteiger charge is 2.52. The molecule has 3 fully saturated rings. The topological polar surface area (TPSA) is 194 Å². The molecular weight excluding hydrogens is 654 g/mol. The molecule has 3 aliphatic heterocycles. The molecule has 0 unspecified atom stereocenters. The number of likely N-dealkylation sites (N-methyl/N-ethyl adjacent to an activating group) is 1. The van der Waals surface area contributed by atoms with Crippen LogP contribution < -0.4 is 0 Å². The zero-order chi connectivity index (χ0) is 38.1. The molecule has 0 radical (unpaired) electrons. The summed E-state index contributed by atoms with van der Waals surface area (Å²) in [6.07, 6.45) is -10.4. The molecule has 17 atom stereocenters. The second-order valence-corrected chi connectivity index (χ2v) is 16.0. The van der Waals surface area contributed by atoms with Gasteiger partial charge >= 0.3 is 5.97 Å². The van der Waals surface area contributed by atoms with E-state index in [1.165, 1.54) is 14.0 Å². The summed E-state index contributed by atoms with van der Waals surface area (Å²) in [6.45, 7) is 17.3. The summed E-state index contributed by atoms with van der Waals surface area (Å²) < 4.78 is 36.6. The Morgan fingerprint density at radius 2 is 1.54 bits per heavy atom. The SMILES string of the molecule is CC[C@@H]1OC(=O)[C@H](C)[C@H](O[C@@H]2C[C@](C)(OC)[C@H](O)[C@H](C)O2)[C@@H](C)[C@H](O[C@@H]2O[C@H](C)CC(=O)[C@H]2O)[C@](C)(O)C[C@H](C)CN(C)[C@H](C)[C@@H](O)[C@@]1(C)O. The molecule has 0 aliphatic carbocycles. The van der Waals surface area contributed by atoms with Gasteiger partial charge in [0.1, 0.15) is 23.9 Å². The highest BCUT2D eigenvalue weighted by atomic mass is 16.7. The van der Waals surface area contributed by atoms with Gasteiger partial charge in [-0.2, -0.15) is 0 Å². The fraction of sp³-hybridized carbons (Fsp3) is 0.944.